The van der Waals surface area contributed by atoms with Gasteiger partial charge in [0.05, 0.1) is 5.52 Å². The number of pyridine rings is 1. The predicted molar refractivity (Wildman–Crippen MR) is 142 cm³/mol. The van der Waals surface area contributed by atoms with Crippen molar-refractivity contribution in [2.45, 2.75) is 37.9 Å². The summed E-state index contributed by atoms with van der Waals surface area (Å²) in [6.07, 6.45) is 7.30. The van der Waals surface area contributed by atoms with E-state index in [0.717, 1.165) is 30.4 Å². The molecule has 2 fully saturated rings. The lowest BCUT2D eigenvalue weighted by atomic mass is 9.97. The molecule has 1 aromatic carbocycles. The van der Waals surface area contributed by atoms with Crippen molar-refractivity contribution in [3.8, 4) is 11.1 Å². The second-order valence-corrected chi connectivity index (χ2v) is 10.3. The highest BCUT2D eigenvalue weighted by molar-refractivity contribution is 9.10. The van der Waals surface area contributed by atoms with Crippen molar-refractivity contribution in [3.05, 3.63) is 65.4 Å². The zero-order chi connectivity index (χ0) is 26.4. The largest absolute Gasteiger partial charge is 0.364 e. The van der Waals surface area contributed by atoms with Crippen LogP contribution in [0.3, 0.4) is 0 Å². The van der Waals surface area contributed by atoms with Crippen molar-refractivity contribution < 1.29 is 14.4 Å². The van der Waals surface area contributed by atoms with E-state index >= 15 is 0 Å². The molecule has 11 nitrogen and oxygen atoms in total. The highest BCUT2D eigenvalue weighted by Gasteiger charge is 2.51. The molecule has 4 aromatic rings. The second-order valence-electron chi connectivity index (χ2n) is 9.54. The Bertz CT molecular complexity index is 1570. The zero-order valence-corrected chi connectivity index (χ0v) is 21.7. The molecule has 1 aliphatic carbocycles. The molecule has 3 atom stereocenters. The minimum Gasteiger partial charge on any atom is -0.364 e. The normalized spacial score (nSPS) is 20.1. The molecule has 3 amide bonds. The molecule has 1 saturated carbocycles. The van der Waals surface area contributed by atoms with E-state index in [4.69, 9.17) is 5.73 Å². The monoisotopic (exact) mass is 574 g/mol. The molecule has 3 N–H and O–H groups in total. The molecule has 1 aliphatic heterocycles. The SMILES string of the molecule is NC(=O)c1nn(CC(=O)N2[C@@H]3CC[C@@H](C3)[C@H]2C(=O)Nc2cccc(Br)n2)c2ccc(-c3cncnc3)cc12. The van der Waals surface area contributed by atoms with Gasteiger partial charge in [-0.1, -0.05) is 12.1 Å². The third kappa shape index (κ3) is 4.30. The van der Waals surface area contributed by atoms with Crippen molar-refractivity contribution in [2.24, 2.45) is 11.7 Å². The van der Waals surface area contributed by atoms with Crippen LogP contribution in [0, 0.1) is 5.92 Å². The van der Waals surface area contributed by atoms with Crippen LogP contribution < -0.4 is 11.1 Å². The first-order valence-electron chi connectivity index (χ1n) is 12.2. The van der Waals surface area contributed by atoms with Crippen LogP contribution in [0.25, 0.3) is 22.0 Å². The maximum atomic E-state index is 13.7. The van der Waals surface area contributed by atoms with Gasteiger partial charge in [0.25, 0.3) is 5.91 Å². The van der Waals surface area contributed by atoms with Gasteiger partial charge in [0.2, 0.25) is 11.8 Å². The van der Waals surface area contributed by atoms with E-state index < -0.39 is 11.9 Å². The molecule has 0 unspecified atom stereocenters. The van der Waals surface area contributed by atoms with Crippen LogP contribution in [0.5, 0.6) is 0 Å². The lowest BCUT2D eigenvalue weighted by molar-refractivity contribution is -0.141. The van der Waals surface area contributed by atoms with Crippen molar-refractivity contribution in [3.63, 3.8) is 0 Å². The number of aromatic nitrogens is 5. The van der Waals surface area contributed by atoms with E-state index in [1.807, 2.05) is 6.07 Å². The average Bonchev–Trinajstić information content (AvgIpc) is 3.62. The Morgan fingerprint density at radius 2 is 1.89 bits per heavy atom. The van der Waals surface area contributed by atoms with Crippen LogP contribution in [0.15, 0.2) is 59.7 Å². The topological polar surface area (TPSA) is 149 Å². The molecule has 3 aromatic heterocycles. The number of amides is 3. The van der Waals surface area contributed by atoms with Gasteiger partial charge in [-0.25, -0.2) is 15.0 Å². The van der Waals surface area contributed by atoms with Gasteiger partial charge >= 0.3 is 0 Å². The number of carbonyl (C=O) groups excluding carboxylic acids is 3. The van der Waals surface area contributed by atoms with Gasteiger partial charge in [-0.05, 0) is 70.9 Å². The maximum absolute atomic E-state index is 13.7. The van der Waals surface area contributed by atoms with Crippen molar-refractivity contribution in [2.75, 3.05) is 5.32 Å². The Labute approximate surface area is 225 Å². The van der Waals surface area contributed by atoms with Gasteiger partial charge < -0.3 is 16.0 Å². The summed E-state index contributed by atoms with van der Waals surface area (Å²) < 4.78 is 2.09. The number of hydrogen-bond donors (Lipinski definition) is 2. The van der Waals surface area contributed by atoms with Crippen molar-refractivity contribution >= 4 is 50.4 Å². The maximum Gasteiger partial charge on any atom is 0.269 e. The Hall–Kier alpha value is -4.19. The number of carbonyl (C=O) groups is 3. The Morgan fingerprint density at radius 3 is 2.66 bits per heavy atom. The molecule has 12 heteroatoms. The van der Waals surface area contributed by atoms with Gasteiger partial charge in [0, 0.05) is 29.4 Å². The molecule has 4 heterocycles. The zero-order valence-electron chi connectivity index (χ0n) is 20.1. The van der Waals surface area contributed by atoms with Crippen LogP contribution in [-0.2, 0) is 16.1 Å². The molecule has 2 aliphatic rings. The van der Waals surface area contributed by atoms with E-state index in [0.29, 0.717) is 21.3 Å². The molecule has 0 radical (unpaired) electrons. The molecule has 6 rings (SSSR count). The van der Waals surface area contributed by atoms with Gasteiger partial charge in [0.15, 0.2) is 5.69 Å². The van der Waals surface area contributed by atoms with Crippen molar-refractivity contribution in [1.29, 1.82) is 0 Å². The fourth-order valence-corrected chi connectivity index (χ4v) is 6.03. The quantitative estimate of drug-likeness (QED) is 0.336. The number of nitrogens with one attached hydrogen (secondary N) is 1. The number of piperidine rings is 1. The minimum atomic E-state index is -0.693. The Balaban J connectivity index is 1.29. The molecule has 2 bridgehead atoms. The molecular weight excluding hydrogens is 552 g/mol. The van der Waals surface area contributed by atoms with Crippen LogP contribution in [-0.4, -0.2) is 59.4 Å². The summed E-state index contributed by atoms with van der Waals surface area (Å²) in [7, 11) is 0. The number of primary amides is 1. The summed E-state index contributed by atoms with van der Waals surface area (Å²) in [5.41, 5.74) is 7.87. The molecule has 1 saturated heterocycles. The van der Waals surface area contributed by atoms with Crippen LogP contribution in [0.2, 0.25) is 0 Å². The van der Waals surface area contributed by atoms with E-state index in [1.54, 1.807) is 47.6 Å². The second kappa shape index (κ2) is 9.60. The molecular formula is C26H23BrN8O3. The standard InChI is InChI=1S/C26H23BrN8O3/c27-20-2-1-3-21(31-20)32-26(38)24-15-4-6-17(8-15)35(24)22(36)12-34-19-7-5-14(16-10-29-13-30-11-16)9-18(19)23(33-34)25(28)37/h1-3,5,7,9-11,13,15,17,24H,4,6,8,12H2,(H2,28,37)(H,31,32,38)/t15-,17+,24-/m0/s1. The van der Waals surface area contributed by atoms with E-state index in [2.05, 4.69) is 41.3 Å². The average molecular weight is 575 g/mol. The van der Waals surface area contributed by atoms with Crippen molar-refractivity contribution in [1.82, 2.24) is 29.6 Å². The lowest BCUT2D eigenvalue weighted by Crippen LogP contribution is -2.52. The van der Waals surface area contributed by atoms with Crippen LogP contribution in [0.1, 0.15) is 29.8 Å². The lowest BCUT2D eigenvalue weighted by Gasteiger charge is -2.34. The summed E-state index contributed by atoms with van der Waals surface area (Å²) in [5, 5.41) is 7.79. The fourth-order valence-electron chi connectivity index (χ4n) is 5.68. The number of rotatable bonds is 6. The number of likely N-dealkylation sites (tertiary alicyclic amines) is 1. The van der Waals surface area contributed by atoms with E-state index in [1.165, 1.54) is 11.0 Å². The minimum absolute atomic E-state index is 0.0131. The first-order chi connectivity index (χ1) is 18.4. The third-order valence-electron chi connectivity index (χ3n) is 7.27. The predicted octanol–water partition coefficient (Wildman–Crippen LogP) is 2.77. The molecule has 192 valence electrons. The summed E-state index contributed by atoms with van der Waals surface area (Å²) >= 11 is 3.31. The smallest absolute Gasteiger partial charge is 0.269 e. The summed E-state index contributed by atoms with van der Waals surface area (Å²) in [4.78, 5) is 53.3. The number of nitrogens with zero attached hydrogens (tertiary/aromatic N) is 6. The van der Waals surface area contributed by atoms with Gasteiger partial charge in [-0.15, -0.1) is 0 Å². The van der Waals surface area contributed by atoms with Gasteiger partial charge in [-0.2, -0.15) is 5.10 Å². The van der Waals surface area contributed by atoms with Crippen LogP contribution in [0.4, 0.5) is 5.82 Å². The van der Waals surface area contributed by atoms with Gasteiger partial charge in [-0.3, -0.25) is 19.1 Å². The van der Waals surface area contributed by atoms with E-state index in [-0.39, 0.29) is 36.0 Å². The van der Waals surface area contributed by atoms with Gasteiger partial charge in [0.1, 0.15) is 29.3 Å². The Morgan fingerprint density at radius 1 is 1.08 bits per heavy atom. The number of halogens is 1. The molecule has 38 heavy (non-hydrogen) atoms. The third-order valence-corrected chi connectivity index (χ3v) is 7.71. The number of nitrogens with two attached hydrogens (primary N) is 1. The number of fused-ring (bicyclic) bond motifs is 3. The number of anilines is 1. The number of benzene rings is 1. The summed E-state index contributed by atoms with van der Waals surface area (Å²) in [6, 6.07) is 10.1. The summed E-state index contributed by atoms with van der Waals surface area (Å²) in [5.74, 6) is -0.679. The van der Waals surface area contributed by atoms with E-state index in [9.17, 15) is 14.4 Å². The molecule has 0 spiro atoms. The fraction of sp³-hybridized carbons (Fsp3) is 0.269. The first kappa shape index (κ1) is 24.2. The number of hydrogen-bond acceptors (Lipinski definition) is 7. The Kier molecular flexibility index (Phi) is 6.10. The van der Waals surface area contributed by atoms with Crippen LogP contribution >= 0.6 is 15.9 Å². The highest BCUT2D eigenvalue weighted by atomic mass is 79.9. The first-order valence-corrected chi connectivity index (χ1v) is 13.0. The highest BCUT2D eigenvalue weighted by Crippen LogP contribution is 2.43. The summed E-state index contributed by atoms with van der Waals surface area (Å²) in [6.45, 7) is -0.125.